The fourth-order valence-electron chi connectivity index (χ4n) is 2.89. The second-order valence-corrected chi connectivity index (χ2v) is 6.36. The molecule has 0 aromatic carbocycles. The summed E-state index contributed by atoms with van der Waals surface area (Å²) in [5.41, 5.74) is 3.07. The van der Waals surface area contributed by atoms with Gasteiger partial charge in [-0.25, -0.2) is 0 Å². The number of carbonyl (C=O) groups excluding carboxylic acids is 1. The summed E-state index contributed by atoms with van der Waals surface area (Å²) in [6.07, 6.45) is 10.0. The van der Waals surface area contributed by atoms with Crippen molar-refractivity contribution in [1.82, 2.24) is 9.97 Å². The number of carbonyl (C=O) groups is 1. The number of ketones is 1. The summed E-state index contributed by atoms with van der Waals surface area (Å²) < 4.78 is 0. The molecule has 0 unspecified atom stereocenters. The highest BCUT2D eigenvalue weighted by atomic mass is 32.1. The van der Waals surface area contributed by atoms with Gasteiger partial charge in [-0.1, -0.05) is 0 Å². The highest BCUT2D eigenvalue weighted by Crippen LogP contribution is 2.32. The van der Waals surface area contributed by atoms with Gasteiger partial charge in [-0.15, -0.1) is 11.3 Å². The molecule has 3 nitrogen and oxygen atoms in total. The third-order valence-corrected chi connectivity index (χ3v) is 5.18. The second-order valence-electron chi connectivity index (χ2n) is 5.22. The van der Waals surface area contributed by atoms with Gasteiger partial charge < -0.3 is 4.98 Å². The fourth-order valence-corrected chi connectivity index (χ4v) is 4.09. The van der Waals surface area contributed by atoms with Crippen LogP contribution in [0, 0.1) is 0 Å². The molecule has 4 rings (SSSR count). The zero-order valence-electron chi connectivity index (χ0n) is 11.0. The predicted octanol–water partition coefficient (Wildman–Crippen LogP) is 3.73. The number of hydrogen-bond acceptors (Lipinski definition) is 3. The Morgan fingerprint density at radius 2 is 2.20 bits per heavy atom. The van der Waals surface area contributed by atoms with E-state index in [1.807, 2.05) is 6.07 Å². The van der Waals surface area contributed by atoms with Crippen molar-refractivity contribution in [1.29, 1.82) is 0 Å². The standard InChI is InChI=1S/C16H14N2OS/c19-16(12-9-18-13-5-6-17-8-11(12)13)15-7-10-3-1-2-4-14(10)20-15/h5-9,18H,1-4H2. The second kappa shape index (κ2) is 4.56. The maximum absolute atomic E-state index is 12.7. The molecule has 20 heavy (non-hydrogen) atoms. The molecule has 0 bridgehead atoms. The molecule has 100 valence electrons. The molecule has 0 atom stereocenters. The third kappa shape index (κ3) is 1.79. The molecular formula is C16H14N2OS. The Morgan fingerprint density at radius 1 is 1.30 bits per heavy atom. The minimum Gasteiger partial charge on any atom is -0.360 e. The summed E-state index contributed by atoms with van der Waals surface area (Å²) in [4.78, 5) is 22.2. The van der Waals surface area contributed by atoms with Gasteiger partial charge in [0.2, 0.25) is 5.78 Å². The van der Waals surface area contributed by atoms with Crippen LogP contribution >= 0.6 is 11.3 Å². The molecule has 0 spiro atoms. The Kier molecular flexibility index (Phi) is 2.70. The van der Waals surface area contributed by atoms with Crippen molar-refractivity contribution in [2.45, 2.75) is 25.7 Å². The minimum absolute atomic E-state index is 0.114. The summed E-state index contributed by atoms with van der Waals surface area (Å²) in [7, 11) is 0. The van der Waals surface area contributed by atoms with Crippen LogP contribution in [0.2, 0.25) is 0 Å². The molecule has 0 amide bonds. The van der Waals surface area contributed by atoms with E-state index in [9.17, 15) is 4.79 Å². The number of nitrogens with zero attached hydrogens (tertiary/aromatic N) is 1. The van der Waals surface area contributed by atoms with Gasteiger partial charge in [-0.2, -0.15) is 0 Å². The van der Waals surface area contributed by atoms with Crippen molar-refractivity contribution in [2.75, 3.05) is 0 Å². The van der Waals surface area contributed by atoms with Crippen molar-refractivity contribution in [3.05, 3.63) is 51.6 Å². The Morgan fingerprint density at radius 3 is 3.10 bits per heavy atom. The van der Waals surface area contributed by atoms with Crippen LogP contribution in [-0.2, 0) is 12.8 Å². The van der Waals surface area contributed by atoms with Gasteiger partial charge in [0, 0.05) is 34.4 Å². The van der Waals surface area contributed by atoms with Gasteiger partial charge in [0.05, 0.1) is 10.4 Å². The number of nitrogens with one attached hydrogen (secondary N) is 1. The molecule has 1 N–H and O–H groups in total. The normalized spacial score (nSPS) is 14.4. The van der Waals surface area contributed by atoms with Crippen LogP contribution in [0.5, 0.6) is 0 Å². The van der Waals surface area contributed by atoms with E-state index in [4.69, 9.17) is 0 Å². The van der Waals surface area contributed by atoms with E-state index in [2.05, 4.69) is 16.0 Å². The summed E-state index contributed by atoms with van der Waals surface area (Å²) in [6, 6.07) is 3.99. The van der Waals surface area contributed by atoms with E-state index < -0.39 is 0 Å². The average molecular weight is 282 g/mol. The topological polar surface area (TPSA) is 45.8 Å². The number of thiophene rings is 1. The van der Waals surface area contributed by atoms with Crippen molar-refractivity contribution >= 4 is 28.0 Å². The number of H-pyrrole nitrogens is 1. The molecule has 3 aromatic rings. The number of rotatable bonds is 2. The lowest BCUT2D eigenvalue weighted by Crippen LogP contribution is -1.97. The van der Waals surface area contributed by atoms with Gasteiger partial charge in [0.1, 0.15) is 0 Å². The van der Waals surface area contributed by atoms with E-state index in [0.29, 0.717) is 0 Å². The third-order valence-electron chi connectivity index (χ3n) is 3.95. The Hall–Kier alpha value is -1.94. The molecule has 0 fully saturated rings. The number of aromatic amines is 1. The van der Waals surface area contributed by atoms with Crippen LogP contribution < -0.4 is 0 Å². The lowest BCUT2D eigenvalue weighted by Gasteiger charge is -2.08. The van der Waals surface area contributed by atoms with E-state index in [0.717, 1.165) is 34.2 Å². The fraction of sp³-hybridized carbons (Fsp3) is 0.250. The molecule has 1 aliphatic carbocycles. The molecule has 3 aromatic heterocycles. The highest BCUT2D eigenvalue weighted by Gasteiger charge is 2.20. The van der Waals surface area contributed by atoms with Gasteiger partial charge in [-0.3, -0.25) is 9.78 Å². The molecule has 0 saturated heterocycles. The molecule has 0 aliphatic heterocycles. The molecule has 0 saturated carbocycles. The lowest BCUT2D eigenvalue weighted by molar-refractivity contribution is 0.104. The molecule has 1 aliphatic rings. The monoisotopic (exact) mass is 282 g/mol. The maximum Gasteiger partial charge on any atom is 0.205 e. The first-order chi connectivity index (χ1) is 9.83. The minimum atomic E-state index is 0.114. The van der Waals surface area contributed by atoms with Crippen LogP contribution in [0.15, 0.2) is 30.7 Å². The molecule has 0 radical (unpaired) electrons. The number of aryl methyl sites for hydroxylation is 2. The summed E-state index contributed by atoms with van der Waals surface area (Å²) in [5.74, 6) is 0.114. The van der Waals surface area contributed by atoms with E-state index >= 15 is 0 Å². The Labute approximate surface area is 120 Å². The first kappa shape index (κ1) is 11.9. The van der Waals surface area contributed by atoms with Crippen LogP contribution in [-0.4, -0.2) is 15.8 Å². The summed E-state index contributed by atoms with van der Waals surface area (Å²) in [6.45, 7) is 0. The van der Waals surface area contributed by atoms with Crippen molar-refractivity contribution in [3.8, 4) is 0 Å². The first-order valence-corrected chi connectivity index (χ1v) is 7.72. The van der Waals surface area contributed by atoms with Crippen LogP contribution in [0.25, 0.3) is 10.9 Å². The van der Waals surface area contributed by atoms with Crippen LogP contribution in [0.3, 0.4) is 0 Å². The zero-order chi connectivity index (χ0) is 13.5. The Balaban J connectivity index is 1.78. The van der Waals surface area contributed by atoms with Gasteiger partial charge >= 0.3 is 0 Å². The number of fused-ring (bicyclic) bond motifs is 2. The lowest BCUT2D eigenvalue weighted by atomic mass is 9.98. The van der Waals surface area contributed by atoms with Crippen molar-refractivity contribution < 1.29 is 4.79 Å². The summed E-state index contributed by atoms with van der Waals surface area (Å²) >= 11 is 1.67. The number of hydrogen-bond donors (Lipinski definition) is 1. The van der Waals surface area contributed by atoms with Crippen LogP contribution in [0.4, 0.5) is 0 Å². The summed E-state index contributed by atoms with van der Waals surface area (Å²) in [5, 5.41) is 0.906. The highest BCUT2D eigenvalue weighted by molar-refractivity contribution is 7.14. The van der Waals surface area contributed by atoms with E-state index in [1.54, 1.807) is 29.9 Å². The smallest absolute Gasteiger partial charge is 0.205 e. The molecule has 3 heterocycles. The first-order valence-electron chi connectivity index (χ1n) is 6.90. The van der Waals surface area contributed by atoms with Crippen molar-refractivity contribution in [3.63, 3.8) is 0 Å². The van der Waals surface area contributed by atoms with E-state index in [1.165, 1.54) is 23.3 Å². The van der Waals surface area contributed by atoms with Gasteiger partial charge in [0.15, 0.2) is 0 Å². The van der Waals surface area contributed by atoms with Gasteiger partial charge in [-0.05, 0) is 43.4 Å². The molecule has 4 heteroatoms. The number of aromatic nitrogens is 2. The van der Waals surface area contributed by atoms with Crippen molar-refractivity contribution in [2.24, 2.45) is 0 Å². The van der Waals surface area contributed by atoms with Gasteiger partial charge in [0.25, 0.3) is 0 Å². The average Bonchev–Trinajstić information content (AvgIpc) is 3.10. The maximum atomic E-state index is 12.7. The predicted molar refractivity (Wildman–Crippen MR) is 80.5 cm³/mol. The zero-order valence-corrected chi connectivity index (χ0v) is 11.8. The van der Waals surface area contributed by atoms with E-state index in [-0.39, 0.29) is 5.78 Å². The SMILES string of the molecule is O=C(c1cc2c(s1)CCCC2)c1c[nH]c2ccncc12. The number of pyridine rings is 1. The quantitative estimate of drug-likeness (QED) is 0.728. The largest absolute Gasteiger partial charge is 0.360 e. The van der Waals surface area contributed by atoms with Crippen LogP contribution in [0.1, 0.15) is 38.5 Å². The Bertz CT molecular complexity index is 776. The molecular weight excluding hydrogens is 268 g/mol.